The summed E-state index contributed by atoms with van der Waals surface area (Å²) >= 11 is 6.46. The molecule has 22 heavy (non-hydrogen) atoms. The summed E-state index contributed by atoms with van der Waals surface area (Å²) in [5, 5.41) is 14.3. The summed E-state index contributed by atoms with van der Waals surface area (Å²) in [6.45, 7) is 2.39. The second-order valence-electron chi connectivity index (χ2n) is 7.94. The van der Waals surface area contributed by atoms with Crippen molar-refractivity contribution in [3.8, 4) is 0 Å². The topological polar surface area (TPSA) is 58.3 Å². The van der Waals surface area contributed by atoms with Crippen molar-refractivity contribution in [3.05, 3.63) is 0 Å². The molecular weight excluding hydrogens is 296 g/mol. The number of halogens is 1. The normalized spacial score (nSPS) is 42.4. The van der Waals surface area contributed by atoms with E-state index in [-0.39, 0.29) is 23.3 Å². The van der Waals surface area contributed by atoms with Gasteiger partial charge in [0.05, 0.1) is 11.5 Å². The average molecular weight is 329 g/mol. The van der Waals surface area contributed by atoms with Gasteiger partial charge < -0.3 is 16.2 Å². The van der Waals surface area contributed by atoms with Gasteiger partial charge in [-0.05, 0) is 56.5 Å². The molecule has 1 saturated heterocycles. The number of fused-ring (bicyclic) bond motifs is 1. The monoisotopic (exact) mass is 328 g/mol. The third-order valence-electron chi connectivity index (χ3n) is 6.79. The van der Waals surface area contributed by atoms with Gasteiger partial charge in [-0.3, -0.25) is 0 Å². The van der Waals surface area contributed by atoms with E-state index in [0.717, 1.165) is 31.3 Å². The van der Waals surface area contributed by atoms with E-state index >= 15 is 0 Å². The Morgan fingerprint density at radius 2 is 1.86 bits per heavy atom. The summed E-state index contributed by atoms with van der Waals surface area (Å²) in [4.78, 5) is 0. The second-order valence-corrected chi connectivity index (χ2v) is 8.50. The quantitative estimate of drug-likeness (QED) is 0.695. The van der Waals surface area contributed by atoms with Crippen molar-refractivity contribution in [2.75, 3.05) is 19.6 Å². The Bertz CT molecular complexity index is 354. The molecule has 0 aromatic heterocycles. The molecular formula is C18H33ClN2O. The van der Waals surface area contributed by atoms with E-state index in [0.29, 0.717) is 12.5 Å². The first-order valence-electron chi connectivity index (χ1n) is 9.43. The molecule has 0 aromatic rings. The number of nitrogens with two attached hydrogens (primary N) is 1. The van der Waals surface area contributed by atoms with Gasteiger partial charge in [0.25, 0.3) is 0 Å². The SMILES string of the molecule is NC[C@H](C1CCC2CCCCC2C1)[C@@H](O)C1CCNCC1Cl. The van der Waals surface area contributed by atoms with Gasteiger partial charge in [0.15, 0.2) is 0 Å². The third kappa shape index (κ3) is 3.63. The van der Waals surface area contributed by atoms with Crippen LogP contribution in [0.1, 0.15) is 51.4 Å². The fourth-order valence-electron chi connectivity index (χ4n) is 5.45. The predicted octanol–water partition coefficient (Wildman–Crippen LogP) is 2.75. The van der Waals surface area contributed by atoms with Gasteiger partial charge in [-0.1, -0.05) is 25.7 Å². The molecule has 3 nitrogen and oxygen atoms in total. The zero-order valence-corrected chi connectivity index (χ0v) is 14.5. The maximum absolute atomic E-state index is 11.0. The number of aliphatic hydroxyl groups is 1. The van der Waals surface area contributed by atoms with Crippen molar-refractivity contribution >= 4 is 11.6 Å². The highest BCUT2D eigenvalue weighted by atomic mass is 35.5. The van der Waals surface area contributed by atoms with Gasteiger partial charge in [-0.2, -0.15) is 0 Å². The van der Waals surface area contributed by atoms with Crippen LogP contribution in [0.5, 0.6) is 0 Å². The van der Waals surface area contributed by atoms with Gasteiger partial charge in [-0.15, -0.1) is 11.6 Å². The predicted molar refractivity (Wildman–Crippen MR) is 92.0 cm³/mol. The Labute approximate surface area is 140 Å². The first-order chi connectivity index (χ1) is 10.7. The lowest BCUT2D eigenvalue weighted by Gasteiger charge is -2.44. The molecule has 5 unspecified atom stereocenters. The van der Waals surface area contributed by atoms with E-state index < -0.39 is 0 Å². The van der Waals surface area contributed by atoms with E-state index in [4.69, 9.17) is 17.3 Å². The Hall–Kier alpha value is 0.170. The highest BCUT2D eigenvalue weighted by Gasteiger charge is 2.41. The molecule has 128 valence electrons. The molecule has 1 aliphatic heterocycles. The van der Waals surface area contributed by atoms with Gasteiger partial charge in [0.2, 0.25) is 0 Å². The van der Waals surface area contributed by atoms with Crippen molar-refractivity contribution in [3.63, 3.8) is 0 Å². The van der Waals surface area contributed by atoms with Crippen LogP contribution in [0.4, 0.5) is 0 Å². The molecule has 4 N–H and O–H groups in total. The minimum Gasteiger partial charge on any atom is -0.392 e. The number of alkyl halides is 1. The van der Waals surface area contributed by atoms with Crippen molar-refractivity contribution in [2.45, 2.75) is 62.8 Å². The minimum absolute atomic E-state index is 0.0452. The Morgan fingerprint density at radius 1 is 1.09 bits per heavy atom. The van der Waals surface area contributed by atoms with Crippen molar-refractivity contribution in [1.82, 2.24) is 5.32 Å². The molecule has 3 rings (SSSR count). The van der Waals surface area contributed by atoms with Crippen LogP contribution >= 0.6 is 11.6 Å². The molecule has 7 atom stereocenters. The first-order valence-corrected chi connectivity index (χ1v) is 9.87. The molecule has 0 amide bonds. The maximum atomic E-state index is 11.0. The molecule has 0 spiro atoms. The van der Waals surface area contributed by atoms with E-state index in [1.807, 2.05) is 0 Å². The summed E-state index contributed by atoms with van der Waals surface area (Å²) in [6, 6.07) is 0. The zero-order chi connectivity index (χ0) is 15.5. The van der Waals surface area contributed by atoms with E-state index in [2.05, 4.69) is 5.32 Å². The smallest absolute Gasteiger partial charge is 0.0626 e. The van der Waals surface area contributed by atoms with Gasteiger partial charge in [0, 0.05) is 18.4 Å². The van der Waals surface area contributed by atoms with Crippen LogP contribution < -0.4 is 11.1 Å². The molecule has 0 radical (unpaired) electrons. The average Bonchev–Trinajstić information content (AvgIpc) is 2.55. The molecule has 0 bridgehead atoms. The number of aliphatic hydroxyl groups excluding tert-OH is 1. The van der Waals surface area contributed by atoms with Crippen LogP contribution in [0.3, 0.4) is 0 Å². The van der Waals surface area contributed by atoms with Crippen LogP contribution in [0.15, 0.2) is 0 Å². The molecule has 0 aromatic carbocycles. The van der Waals surface area contributed by atoms with Crippen molar-refractivity contribution < 1.29 is 5.11 Å². The summed E-state index contributed by atoms with van der Waals surface area (Å²) in [5.41, 5.74) is 6.11. The Kier molecular flexibility index (Phi) is 6.05. The lowest BCUT2D eigenvalue weighted by atomic mass is 9.63. The Morgan fingerprint density at radius 3 is 2.59 bits per heavy atom. The molecule has 3 aliphatic rings. The highest BCUT2D eigenvalue weighted by molar-refractivity contribution is 6.21. The van der Waals surface area contributed by atoms with E-state index in [1.165, 1.54) is 44.9 Å². The summed E-state index contributed by atoms with van der Waals surface area (Å²) in [7, 11) is 0. The minimum atomic E-state index is -0.320. The number of rotatable bonds is 4. The van der Waals surface area contributed by atoms with E-state index in [9.17, 15) is 5.11 Å². The maximum Gasteiger partial charge on any atom is 0.0626 e. The van der Waals surface area contributed by atoms with Gasteiger partial charge in [0.1, 0.15) is 0 Å². The highest BCUT2D eigenvalue weighted by Crippen LogP contribution is 2.46. The first kappa shape index (κ1) is 17.0. The van der Waals surface area contributed by atoms with E-state index in [1.54, 1.807) is 0 Å². The van der Waals surface area contributed by atoms with Crippen molar-refractivity contribution in [1.29, 1.82) is 0 Å². The second kappa shape index (κ2) is 7.83. The standard InChI is InChI=1S/C18H33ClN2O/c19-17-11-21-8-7-15(17)18(22)16(10-20)14-6-5-12-3-1-2-4-13(12)9-14/h12-18,21-22H,1-11,20H2/t12?,13?,14?,15?,16-,17?,18+/m1/s1. The summed E-state index contributed by atoms with van der Waals surface area (Å²) in [6.07, 6.45) is 10.2. The van der Waals surface area contributed by atoms with Crippen LogP contribution in [-0.4, -0.2) is 36.2 Å². The molecule has 2 saturated carbocycles. The number of piperidine rings is 1. The zero-order valence-electron chi connectivity index (χ0n) is 13.7. The van der Waals surface area contributed by atoms with Gasteiger partial charge in [-0.25, -0.2) is 0 Å². The summed E-state index contributed by atoms with van der Waals surface area (Å²) < 4.78 is 0. The lowest BCUT2D eigenvalue weighted by Crippen LogP contribution is -2.49. The van der Waals surface area contributed by atoms with Crippen LogP contribution in [0.25, 0.3) is 0 Å². The molecule has 2 aliphatic carbocycles. The molecule has 4 heteroatoms. The molecule has 1 heterocycles. The molecule has 3 fully saturated rings. The number of hydrogen-bond donors (Lipinski definition) is 3. The van der Waals surface area contributed by atoms with Crippen LogP contribution in [0.2, 0.25) is 0 Å². The fourth-order valence-corrected chi connectivity index (χ4v) is 5.84. The van der Waals surface area contributed by atoms with Crippen molar-refractivity contribution in [2.24, 2.45) is 35.3 Å². The van der Waals surface area contributed by atoms with Crippen LogP contribution in [-0.2, 0) is 0 Å². The summed E-state index contributed by atoms with van der Waals surface area (Å²) in [5.74, 6) is 2.92. The van der Waals surface area contributed by atoms with Crippen LogP contribution in [0, 0.1) is 29.6 Å². The lowest BCUT2D eigenvalue weighted by molar-refractivity contribution is -0.00865. The third-order valence-corrected chi connectivity index (χ3v) is 7.27. The number of nitrogens with one attached hydrogen (secondary N) is 1. The largest absolute Gasteiger partial charge is 0.392 e. The fraction of sp³-hybridized carbons (Fsp3) is 1.00. The number of hydrogen-bond acceptors (Lipinski definition) is 3. The Balaban J connectivity index is 1.62. The van der Waals surface area contributed by atoms with Gasteiger partial charge >= 0.3 is 0 Å².